The molecule has 2 rings (SSSR count). The standard InChI is InChI=1S/C12H18N4S/c1-9-8-17-5-4-16(9)7-10-2-3-15-11(6-10)12(13)14/h2-3,6,9H,4-5,7-8H2,1H3,(H3,13,14). The van der Waals surface area contributed by atoms with Crippen molar-refractivity contribution in [1.82, 2.24) is 9.88 Å². The molecule has 5 heteroatoms. The van der Waals surface area contributed by atoms with E-state index in [2.05, 4.69) is 16.8 Å². The van der Waals surface area contributed by atoms with Crippen LogP contribution in [0.5, 0.6) is 0 Å². The van der Waals surface area contributed by atoms with Crippen molar-refractivity contribution in [2.75, 3.05) is 18.1 Å². The second-order valence-corrected chi connectivity index (χ2v) is 5.51. The van der Waals surface area contributed by atoms with Gasteiger partial charge in [0.15, 0.2) is 0 Å². The minimum Gasteiger partial charge on any atom is -0.382 e. The molecule has 1 fully saturated rings. The van der Waals surface area contributed by atoms with E-state index in [1.54, 1.807) is 6.20 Å². The Balaban J connectivity index is 2.07. The first-order chi connectivity index (χ1) is 8.16. The Bertz CT molecular complexity index is 407. The number of aromatic nitrogens is 1. The third kappa shape index (κ3) is 3.20. The third-order valence-electron chi connectivity index (χ3n) is 2.99. The number of nitrogens with two attached hydrogens (primary N) is 1. The number of rotatable bonds is 3. The second-order valence-electron chi connectivity index (χ2n) is 4.36. The molecule has 17 heavy (non-hydrogen) atoms. The van der Waals surface area contributed by atoms with E-state index in [0.717, 1.165) is 13.1 Å². The van der Waals surface area contributed by atoms with Crippen LogP contribution in [0, 0.1) is 5.41 Å². The van der Waals surface area contributed by atoms with Gasteiger partial charge in [0, 0.05) is 36.8 Å². The smallest absolute Gasteiger partial charge is 0.141 e. The number of nitrogens with one attached hydrogen (secondary N) is 1. The first-order valence-corrected chi connectivity index (χ1v) is 6.93. The van der Waals surface area contributed by atoms with Gasteiger partial charge in [0.05, 0.1) is 0 Å². The molecule has 1 atom stereocenters. The van der Waals surface area contributed by atoms with Gasteiger partial charge in [-0.2, -0.15) is 11.8 Å². The zero-order chi connectivity index (χ0) is 12.3. The van der Waals surface area contributed by atoms with Gasteiger partial charge in [-0.25, -0.2) is 0 Å². The predicted octanol–water partition coefficient (Wildman–Crippen LogP) is 1.30. The Hall–Kier alpha value is -1.07. The summed E-state index contributed by atoms with van der Waals surface area (Å²) in [5.74, 6) is 2.44. The molecule has 0 bridgehead atoms. The number of nitrogen functional groups attached to an aromatic ring is 1. The van der Waals surface area contributed by atoms with E-state index in [4.69, 9.17) is 11.1 Å². The summed E-state index contributed by atoms with van der Waals surface area (Å²) in [6.07, 6.45) is 1.73. The Morgan fingerprint density at radius 2 is 2.53 bits per heavy atom. The quantitative estimate of drug-likeness (QED) is 0.627. The highest BCUT2D eigenvalue weighted by Gasteiger charge is 2.18. The summed E-state index contributed by atoms with van der Waals surface area (Å²) in [6, 6.07) is 4.53. The monoisotopic (exact) mass is 250 g/mol. The van der Waals surface area contributed by atoms with Gasteiger partial charge in [-0.3, -0.25) is 15.3 Å². The number of pyridine rings is 1. The molecule has 1 aliphatic rings. The van der Waals surface area contributed by atoms with Gasteiger partial charge >= 0.3 is 0 Å². The fourth-order valence-electron chi connectivity index (χ4n) is 1.95. The van der Waals surface area contributed by atoms with Crippen molar-refractivity contribution >= 4 is 17.6 Å². The average molecular weight is 250 g/mol. The van der Waals surface area contributed by atoms with Crippen molar-refractivity contribution in [3.63, 3.8) is 0 Å². The molecule has 1 aliphatic heterocycles. The zero-order valence-electron chi connectivity index (χ0n) is 10.0. The normalized spacial score (nSPS) is 21.4. The van der Waals surface area contributed by atoms with Crippen LogP contribution in [-0.4, -0.2) is 39.8 Å². The summed E-state index contributed by atoms with van der Waals surface area (Å²) in [7, 11) is 0. The van der Waals surface area contributed by atoms with E-state index < -0.39 is 0 Å². The maximum absolute atomic E-state index is 7.39. The van der Waals surface area contributed by atoms with Gasteiger partial charge < -0.3 is 5.73 Å². The van der Waals surface area contributed by atoms with Crippen molar-refractivity contribution in [2.24, 2.45) is 5.73 Å². The molecule has 92 valence electrons. The Labute approximate surface area is 106 Å². The van der Waals surface area contributed by atoms with Crippen LogP contribution in [-0.2, 0) is 6.54 Å². The van der Waals surface area contributed by atoms with E-state index >= 15 is 0 Å². The summed E-state index contributed by atoms with van der Waals surface area (Å²) in [6.45, 7) is 4.31. The highest BCUT2D eigenvalue weighted by atomic mass is 32.2. The summed E-state index contributed by atoms with van der Waals surface area (Å²) in [5.41, 5.74) is 7.20. The van der Waals surface area contributed by atoms with Crippen molar-refractivity contribution in [2.45, 2.75) is 19.5 Å². The highest BCUT2D eigenvalue weighted by Crippen LogP contribution is 2.18. The van der Waals surface area contributed by atoms with E-state index in [-0.39, 0.29) is 5.84 Å². The van der Waals surface area contributed by atoms with Crippen molar-refractivity contribution < 1.29 is 0 Å². The summed E-state index contributed by atoms with van der Waals surface area (Å²) >= 11 is 2.02. The van der Waals surface area contributed by atoms with Crippen molar-refractivity contribution in [1.29, 1.82) is 5.41 Å². The largest absolute Gasteiger partial charge is 0.382 e. The van der Waals surface area contributed by atoms with Gasteiger partial charge in [0.25, 0.3) is 0 Å². The van der Waals surface area contributed by atoms with Crippen molar-refractivity contribution in [3.05, 3.63) is 29.6 Å². The van der Waals surface area contributed by atoms with Crippen LogP contribution in [0.2, 0.25) is 0 Å². The van der Waals surface area contributed by atoms with Crippen LogP contribution in [0.3, 0.4) is 0 Å². The molecule has 0 spiro atoms. The molecule has 1 saturated heterocycles. The molecule has 1 aromatic heterocycles. The van der Waals surface area contributed by atoms with Crippen molar-refractivity contribution in [3.8, 4) is 0 Å². The lowest BCUT2D eigenvalue weighted by atomic mass is 10.2. The fourth-order valence-corrected chi connectivity index (χ4v) is 3.03. The molecular formula is C12H18N4S. The number of hydrogen-bond acceptors (Lipinski definition) is 4. The Morgan fingerprint density at radius 3 is 3.24 bits per heavy atom. The van der Waals surface area contributed by atoms with Gasteiger partial charge in [-0.05, 0) is 24.6 Å². The first kappa shape index (κ1) is 12.4. The van der Waals surface area contributed by atoms with E-state index in [0.29, 0.717) is 11.7 Å². The summed E-state index contributed by atoms with van der Waals surface area (Å²) in [4.78, 5) is 6.55. The van der Waals surface area contributed by atoms with Gasteiger partial charge in [0.2, 0.25) is 0 Å². The number of amidine groups is 1. The zero-order valence-corrected chi connectivity index (χ0v) is 10.8. The molecule has 0 aliphatic carbocycles. The molecule has 0 saturated carbocycles. The lowest BCUT2D eigenvalue weighted by Crippen LogP contribution is -2.39. The number of nitrogens with zero attached hydrogens (tertiary/aromatic N) is 2. The van der Waals surface area contributed by atoms with E-state index in [1.165, 1.54) is 17.1 Å². The lowest BCUT2D eigenvalue weighted by Gasteiger charge is -2.32. The molecule has 1 aromatic rings. The van der Waals surface area contributed by atoms with Gasteiger partial charge in [0.1, 0.15) is 11.5 Å². The van der Waals surface area contributed by atoms with E-state index in [9.17, 15) is 0 Å². The predicted molar refractivity (Wildman–Crippen MR) is 72.5 cm³/mol. The maximum Gasteiger partial charge on any atom is 0.141 e. The van der Waals surface area contributed by atoms with Crippen LogP contribution < -0.4 is 5.73 Å². The van der Waals surface area contributed by atoms with Crippen LogP contribution in [0.4, 0.5) is 0 Å². The van der Waals surface area contributed by atoms with Gasteiger partial charge in [-0.1, -0.05) is 0 Å². The van der Waals surface area contributed by atoms with Gasteiger partial charge in [-0.15, -0.1) is 0 Å². The van der Waals surface area contributed by atoms with Crippen LogP contribution in [0.15, 0.2) is 18.3 Å². The van der Waals surface area contributed by atoms with Crippen LogP contribution in [0.1, 0.15) is 18.2 Å². The topological polar surface area (TPSA) is 66.0 Å². The van der Waals surface area contributed by atoms with E-state index in [1.807, 2.05) is 23.9 Å². The highest BCUT2D eigenvalue weighted by molar-refractivity contribution is 7.99. The first-order valence-electron chi connectivity index (χ1n) is 5.78. The molecular weight excluding hydrogens is 232 g/mol. The second kappa shape index (κ2) is 5.51. The summed E-state index contributed by atoms with van der Waals surface area (Å²) in [5, 5.41) is 7.39. The minimum absolute atomic E-state index is 0.0362. The molecule has 1 unspecified atom stereocenters. The molecule has 2 heterocycles. The molecule has 0 radical (unpaired) electrons. The fraction of sp³-hybridized carbons (Fsp3) is 0.500. The molecule has 4 nitrogen and oxygen atoms in total. The number of hydrogen-bond donors (Lipinski definition) is 2. The maximum atomic E-state index is 7.39. The number of thioether (sulfide) groups is 1. The Morgan fingerprint density at radius 1 is 1.71 bits per heavy atom. The van der Waals surface area contributed by atoms with Crippen LogP contribution >= 0.6 is 11.8 Å². The van der Waals surface area contributed by atoms with Crippen LogP contribution in [0.25, 0.3) is 0 Å². The third-order valence-corrected chi connectivity index (χ3v) is 4.18. The minimum atomic E-state index is 0.0362. The molecule has 0 amide bonds. The summed E-state index contributed by atoms with van der Waals surface area (Å²) < 4.78 is 0. The lowest BCUT2D eigenvalue weighted by molar-refractivity contribution is 0.224. The molecule has 3 N–H and O–H groups in total. The SMILES string of the molecule is CC1CSCCN1Cc1ccnc(C(=N)N)c1. The molecule has 0 aromatic carbocycles. The Kier molecular flexibility index (Phi) is 4.02. The average Bonchev–Trinajstić information content (AvgIpc) is 2.32.